The largest absolute Gasteiger partial charge is 0.383 e. The van der Waals surface area contributed by atoms with E-state index in [2.05, 4.69) is 10.6 Å². The van der Waals surface area contributed by atoms with Crippen molar-refractivity contribution in [3.05, 3.63) is 40.0 Å². The first kappa shape index (κ1) is 12.2. The number of nitrogens with one attached hydrogen (secondary N) is 2. The number of likely N-dealkylation sites (N-methyl/N-ethyl adjacent to an activating group) is 1. The Balaban J connectivity index is 2.98. The van der Waals surface area contributed by atoms with Crippen molar-refractivity contribution < 1.29 is 4.92 Å². The first-order valence-electron chi connectivity index (χ1n) is 4.96. The highest BCUT2D eigenvalue weighted by atomic mass is 16.6. The zero-order valence-corrected chi connectivity index (χ0v) is 9.36. The van der Waals surface area contributed by atoms with Crippen LogP contribution in [0.3, 0.4) is 0 Å². The van der Waals surface area contributed by atoms with E-state index in [1.54, 1.807) is 19.2 Å². The Bertz CT molecular complexity index is 402. The number of nitro groups is 1. The Morgan fingerprint density at radius 3 is 2.75 bits per heavy atom. The third kappa shape index (κ3) is 3.06. The minimum absolute atomic E-state index is 0.0918. The van der Waals surface area contributed by atoms with Crippen molar-refractivity contribution in [3.63, 3.8) is 0 Å². The SMILES string of the molecule is CNCC=Cc1ccc(NC)c([N+](=O)[O-])c1. The Morgan fingerprint density at radius 2 is 2.19 bits per heavy atom. The molecule has 0 saturated carbocycles. The smallest absolute Gasteiger partial charge is 0.292 e. The second-order valence-electron chi connectivity index (χ2n) is 3.24. The summed E-state index contributed by atoms with van der Waals surface area (Å²) >= 11 is 0. The fourth-order valence-electron chi connectivity index (χ4n) is 1.33. The van der Waals surface area contributed by atoms with Gasteiger partial charge in [0, 0.05) is 19.7 Å². The lowest BCUT2D eigenvalue weighted by molar-refractivity contribution is -0.383. The maximum absolute atomic E-state index is 10.8. The van der Waals surface area contributed by atoms with Gasteiger partial charge in [-0.2, -0.15) is 0 Å². The Morgan fingerprint density at radius 1 is 1.44 bits per heavy atom. The van der Waals surface area contributed by atoms with E-state index in [1.807, 2.05) is 25.3 Å². The molecule has 0 unspecified atom stereocenters. The van der Waals surface area contributed by atoms with E-state index in [0.717, 1.165) is 12.1 Å². The van der Waals surface area contributed by atoms with Crippen molar-refractivity contribution >= 4 is 17.5 Å². The molecule has 0 aromatic heterocycles. The second-order valence-corrected chi connectivity index (χ2v) is 3.24. The Hall–Kier alpha value is -1.88. The van der Waals surface area contributed by atoms with Crippen LogP contribution in [0.25, 0.3) is 6.08 Å². The van der Waals surface area contributed by atoms with Gasteiger partial charge in [0.25, 0.3) is 5.69 Å². The highest BCUT2D eigenvalue weighted by Gasteiger charge is 2.11. The van der Waals surface area contributed by atoms with Gasteiger partial charge in [-0.25, -0.2) is 0 Å². The molecule has 0 aliphatic heterocycles. The molecular weight excluding hydrogens is 206 g/mol. The van der Waals surface area contributed by atoms with Crippen molar-refractivity contribution in [2.75, 3.05) is 26.0 Å². The molecule has 0 saturated heterocycles. The summed E-state index contributed by atoms with van der Waals surface area (Å²) in [5.41, 5.74) is 1.44. The van der Waals surface area contributed by atoms with Crippen LogP contribution in [0.1, 0.15) is 5.56 Å². The lowest BCUT2D eigenvalue weighted by atomic mass is 10.1. The lowest BCUT2D eigenvalue weighted by Crippen LogP contribution is -2.03. The third-order valence-corrected chi connectivity index (χ3v) is 2.12. The molecule has 5 nitrogen and oxygen atoms in total. The summed E-state index contributed by atoms with van der Waals surface area (Å²) in [6.07, 6.45) is 3.76. The fraction of sp³-hybridized carbons (Fsp3) is 0.273. The molecule has 0 fully saturated rings. The van der Waals surface area contributed by atoms with Crippen LogP contribution in [-0.4, -0.2) is 25.6 Å². The minimum Gasteiger partial charge on any atom is -0.383 e. The number of hydrogen-bond acceptors (Lipinski definition) is 4. The summed E-state index contributed by atoms with van der Waals surface area (Å²) in [5.74, 6) is 0. The van der Waals surface area contributed by atoms with Crippen LogP contribution in [0.5, 0.6) is 0 Å². The van der Waals surface area contributed by atoms with Gasteiger partial charge in [-0.05, 0) is 18.7 Å². The maximum Gasteiger partial charge on any atom is 0.292 e. The second kappa shape index (κ2) is 5.87. The van der Waals surface area contributed by atoms with Gasteiger partial charge in [-0.3, -0.25) is 10.1 Å². The normalized spacial score (nSPS) is 10.6. The molecule has 0 amide bonds. The van der Waals surface area contributed by atoms with Crippen LogP contribution in [-0.2, 0) is 0 Å². The van der Waals surface area contributed by atoms with Gasteiger partial charge in [0.05, 0.1) is 4.92 Å². The van der Waals surface area contributed by atoms with Crippen LogP contribution in [0, 0.1) is 10.1 Å². The number of nitrogens with zero attached hydrogens (tertiary/aromatic N) is 1. The highest BCUT2D eigenvalue weighted by Crippen LogP contribution is 2.25. The number of hydrogen-bond donors (Lipinski definition) is 2. The Kier molecular flexibility index (Phi) is 4.47. The molecule has 1 aromatic carbocycles. The van der Waals surface area contributed by atoms with Crippen molar-refractivity contribution in [2.45, 2.75) is 0 Å². The van der Waals surface area contributed by atoms with Gasteiger partial charge < -0.3 is 10.6 Å². The molecule has 0 radical (unpaired) electrons. The fourth-order valence-corrected chi connectivity index (χ4v) is 1.33. The zero-order chi connectivity index (χ0) is 12.0. The van der Waals surface area contributed by atoms with Gasteiger partial charge in [-0.1, -0.05) is 18.2 Å². The van der Waals surface area contributed by atoms with Crippen molar-refractivity contribution in [1.29, 1.82) is 0 Å². The van der Waals surface area contributed by atoms with E-state index in [9.17, 15) is 10.1 Å². The molecule has 2 N–H and O–H groups in total. The van der Waals surface area contributed by atoms with Crippen molar-refractivity contribution in [2.24, 2.45) is 0 Å². The zero-order valence-electron chi connectivity index (χ0n) is 9.36. The number of rotatable bonds is 5. The first-order valence-corrected chi connectivity index (χ1v) is 4.96. The van der Waals surface area contributed by atoms with Gasteiger partial charge in [-0.15, -0.1) is 0 Å². The van der Waals surface area contributed by atoms with Crippen LogP contribution in [0.4, 0.5) is 11.4 Å². The van der Waals surface area contributed by atoms with Crippen LogP contribution in [0.2, 0.25) is 0 Å². The minimum atomic E-state index is -0.388. The van der Waals surface area contributed by atoms with E-state index in [-0.39, 0.29) is 10.6 Å². The van der Waals surface area contributed by atoms with E-state index in [0.29, 0.717) is 5.69 Å². The van der Waals surface area contributed by atoms with Gasteiger partial charge >= 0.3 is 0 Å². The third-order valence-electron chi connectivity index (χ3n) is 2.12. The molecule has 5 heteroatoms. The Labute approximate surface area is 94.3 Å². The maximum atomic E-state index is 10.8. The highest BCUT2D eigenvalue weighted by molar-refractivity contribution is 5.66. The molecular formula is C11H15N3O2. The molecule has 1 aromatic rings. The molecule has 0 spiro atoms. The molecule has 1 rings (SSSR count). The molecule has 86 valence electrons. The van der Waals surface area contributed by atoms with E-state index in [1.165, 1.54) is 0 Å². The van der Waals surface area contributed by atoms with Crippen LogP contribution >= 0.6 is 0 Å². The summed E-state index contributed by atoms with van der Waals surface area (Å²) in [6, 6.07) is 5.10. The molecule has 16 heavy (non-hydrogen) atoms. The number of anilines is 1. The van der Waals surface area contributed by atoms with Crippen LogP contribution < -0.4 is 10.6 Å². The van der Waals surface area contributed by atoms with Gasteiger partial charge in [0.1, 0.15) is 5.69 Å². The van der Waals surface area contributed by atoms with Crippen molar-refractivity contribution in [3.8, 4) is 0 Å². The van der Waals surface area contributed by atoms with Crippen LogP contribution in [0.15, 0.2) is 24.3 Å². The monoisotopic (exact) mass is 221 g/mol. The molecule has 0 aliphatic rings. The standard InChI is InChI=1S/C11H15N3O2/c1-12-7-3-4-9-5-6-10(13-2)11(8-9)14(15)16/h3-6,8,12-13H,7H2,1-2H3. The summed E-state index contributed by atoms with van der Waals surface area (Å²) in [6.45, 7) is 0.738. The number of nitro benzene ring substituents is 1. The summed E-state index contributed by atoms with van der Waals surface area (Å²) < 4.78 is 0. The average Bonchev–Trinajstić information content (AvgIpc) is 2.29. The molecule has 0 aliphatic carbocycles. The van der Waals surface area contributed by atoms with E-state index in [4.69, 9.17) is 0 Å². The summed E-state index contributed by atoms with van der Waals surface area (Å²) in [7, 11) is 3.51. The van der Waals surface area contributed by atoms with E-state index >= 15 is 0 Å². The predicted molar refractivity (Wildman–Crippen MR) is 65.6 cm³/mol. The predicted octanol–water partition coefficient (Wildman–Crippen LogP) is 1.87. The molecule has 0 atom stereocenters. The average molecular weight is 221 g/mol. The molecule has 0 heterocycles. The van der Waals surface area contributed by atoms with Crippen molar-refractivity contribution in [1.82, 2.24) is 5.32 Å². The van der Waals surface area contributed by atoms with Gasteiger partial charge in [0.15, 0.2) is 0 Å². The summed E-state index contributed by atoms with van der Waals surface area (Å²) in [5, 5.41) is 16.6. The summed E-state index contributed by atoms with van der Waals surface area (Å²) in [4.78, 5) is 10.4. The van der Waals surface area contributed by atoms with E-state index < -0.39 is 0 Å². The topological polar surface area (TPSA) is 67.2 Å². The quantitative estimate of drug-likeness (QED) is 0.588. The number of benzene rings is 1. The molecule has 0 bridgehead atoms. The lowest BCUT2D eigenvalue weighted by Gasteiger charge is -2.02. The first-order chi connectivity index (χ1) is 7.69. The van der Waals surface area contributed by atoms with Gasteiger partial charge in [0.2, 0.25) is 0 Å².